The average molecular weight is 838 g/mol. The molecule has 6 aromatic carbocycles. The van der Waals surface area contributed by atoms with Gasteiger partial charge in [-0.1, -0.05) is 0 Å². The summed E-state index contributed by atoms with van der Waals surface area (Å²) >= 11 is -5.23. The second-order valence-electron chi connectivity index (χ2n) is 20.0. The van der Waals surface area contributed by atoms with Crippen LogP contribution in [-0.2, 0) is 35.5 Å². The standard InChI is InChI=1S/C33H33.2C9H11.C5H5.CH2.Zr/c1-32(2,3)30-20-26-24(18-28(30)22-13-9-7-10-14-22)17-25-19-29(23-15-11-8-12-16-23)31(21-27(25)26)33(4,5)6;2*1-8(2)9-6-4-3-5-7-9;1-2-4-5-3-1;;/h7-16,18,20-21H,17H2,1-6H3;2*4-8H,1-2H3;1-3H,4H2;1H2;. The molecule has 2 aliphatic rings. The van der Waals surface area contributed by atoms with Gasteiger partial charge in [0.25, 0.3) is 0 Å². The van der Waals surface area contributed by atoms with Gasteiger partial charge >= 0.3 is 353 Å². The number of benzene rings is 6. The molecule has 58 heavy (non-hydrogen) atoms. The van der Waals surface area contributed by atoms with Gasteiger partial charge in [-0.15, -0.1) is 0 Å². The second-order valence-corrected chi connectivity index (χ2v) is 32.8. The summed E-state index contributed by atoms with van der Waals surface area (Å²) in [6, 6.07) is 49.8. The van der Waals surface area contributed by atoms with E-state index < -0.39 is 18.3 Å². The van der Waals surface area contributed by atoms with Crippen LogP contribution in [0, 0.1) is 0 Å². The Balaban J connectivity index is 1.61. The molecule has 0 saturated carbocycles. The minimum atomic E-state index is -5.23. The number of rotatable bonds is 8. The molecule has 0 spiro atoms. The molecule has 0 aromatic heterocycles. The van der Waals surface area contributed by atoms with E-state index in [0.29, 0.717) is 11.8 Å². The normalized spacial score (nSPS) is 14.3. The van der Waals surface area contributed by atoms with Gasteiger partial charge in [-0.05, 0) is 0 Å². The summed E-state index contributed by atoms with van der Waals surface area (Å²) in [4.78, 5) is 0. The first kappa shape index (κ1) is 40.3. The summed E-state index contributed by atoms with van der Waals surface area (Å²) in [5, 5.41) is 0. The van der Waals surface area contributed by atoms with Crippen LogP contribution in [0.3, 0.4) is 0 Å². The molecular formula is C57H62Zr. The van der Waals surface area contributed by atoms with Crippen LogP contribution in [0.2, 0.25) is 0 Å². The molecule has 0 N–H and O–H groups in total. The molecule has 1 heteroatoms. The first-order valence-corrected chi connectivity index (χ1v) is 28.3. The van der Waals surface area contributed by atoms with Crippen molar-refractivity contribution in [2.45, 2.75) is 105 Å². The third-order valence-corrected chi connectivity index (χ3v) is 29.9. The van der Waals surface area contributed by atoms with Crippen LogP contribution >= 0.6 is 0 Å². The second kappa shape index (κ2) is 14.7. The van der Waals surface area contributed by atoms with Crippen molar-refractivity contribution < 1.29 is 18.3 Å². The third-order valence-electron chi connectivity index (χ3n) is 13.6. The molecule has 0 saturated heterocycles. The summed E-state index contributed by atoms with van der Waals surface area (Å²) in [6.07, 6.45) is 8.96. The Kier molecular flexibility index (Phi) is 10.2. The topological polar surface area (TPSA) is 0 Å². The van der Waals surface area contributed by atoms with Crippen molar-refractivity contribution in [3.63, 3.8) is 0 Å². The molecule has 0 heterocycles. The van der Waals surface area contributed by atoms with Crippen molar-refractivity contribution in [3.8, 4) is 33.4 Å². The van der Waals surface area contributed by atoms with Crippen LogP contribution in [0.25, 0.3) is 33.4 Å². The predicted molar refractivity (Wildman–Crippen MR) is 252 cm³/mol. The van der Waals surface area contributed by atoms with Gasteiger partial charge in [0.05, 0.1) is 0 Å². The summed E-state index contributed by atoms with van der Waals surface area (Å²) in [5.41, 5.74) is 16.3. The van der Waals surface area contributed by atoms with E-state index in [1.807, 2.05) is 0 Å². The maximum atomic E-state index is 6.02. The van der Waals surface area contributed by atoms with Crippen LogP contribution in [0.4, 0.5) is 0 Å². The molecule has 0 fully saturated rings. The molecule has 0 atom stereocenters. The summed E-state index contributed by atoms with van der Waals surface area (Å²) in [6.45, 7) is 23.6. The summed E-state index contributed by atoms with van der Waals surface area (Å²) in [5.74, 6) is 0.881. The van der Waals surface area contributed by atoms with E-state index in [4.69, 9.17) is 4.21 Å². The fraction of sp³-hybridized carbons (Fsp3) is 0.281. The van der Waals surface area contributed by atoms with E-state index in [1.165, 1.54) is 79.9 Å². The number of allylic oxidation sites excluding steroid dienone is 4. The van der Waals surface area contributed by atoms with Crippen molar-refractivity contribution >= 4 is 14.0 Å². The zero-order valence-corrected chi connectivity index (χ0v) is 39.1. The molecule has 294 valence electrons. The van der Waals surface area contributed by atoms with E-state index in [0.717, 1.165) is 12.8 Å². The number of hydrogen-bond donors (Lipinski definition) is 0. The maximum absolute atomic E-state index is 6.02. The Hall–Kier alpha value is -4.45. The van der Waals surface area contributed by atoms with Crippen LogP contribution in [0.5, 0.6) is 0 Å². The number of hydrogen-bond acceptors (Lipinski definition) is 0. The van der Waals surface area contributed by atoms with Gasteiger partial charge < -0.3 is 0 Å². The number of fused-ring (bicyclic) bond motifs is 3. The average Bonchev–Trinajstić information content (AvgIpc) is 3.89. The molecule has 0 nitrogen and oxygen atoms in total. The fourth-order valence-electron chi connectivity index (χ4n) is 10.3. The van der Waals surface area contributed by atoms with Crippen molar-refractivity contribution in [1.82, 2.24) is 0 Å². The zero-order valence-electron chi connectivity index (χ0n) is 36.6. The van der Waals surface area contributed by atoms with Crippen molar-refractivity contribution in [3.05, 3.63) is 182 Å². The molecule has 6 aromatic rings. The van der Waals surface area contributed by atoms with Crippen molar-refractivity contribution in [2.75, 3.05) is 0 Å². The zero-order chi connectivity index (χ0) is 41.2. The Labute approximate surface area is 350 Å². The van der Waals surface area contributed by atoms with Gasteiger partial charge in [0, 0.05) is 0 Å². The van der Waals surface area contributed by atoms with Crippen LogP contribution in [-0.4, -0.2) is 4.21 Å². The van der Waals surface area contributed by atoms with E-state index in [2.05, 4.69) is 215 Å². The van der Waals surface area contributed by atoms with E-state index >= 15 is 0 Å². The quantitative estimate of drug-likeness (QED) is 0.143. The van der Waals surface area contributed by atoms with Crippen LogP contribution in [0.1, 0.15) is 121 Å². The first-order chi connectivity index (χ1) is 27.5. The van der Waals surface area contributed by atoms with Gasteiger partial charge in [0.1, 0.15) is 0 Å². The Morgan fingerprint density at radius 2 is 1.05 bits per heavy atom. The summed E-state index contributed by atoms with van der Waals surface area (Å²) in [7, 11) is 0. The molecule has 0 bridgehead atoms. The third kappa shape index (κ3) is 6.48. The van der Waals surface area contributed by atoms with E-state index in [9.17, 15) is 0 Å². The molecule has 0 radical (unpaired) electrons. The Bertz CT molecular complexity index is 2580. The van der Waals surface area contributed by atoms with Crippen molar-refractivity contribution in [2.24, 2.45) is 0 Å². The van der Waals surface area contributed by atoms with Gasteiger partial charge in [-0.25, -0.2) is 0 Å². The molecular weight excluding hydrogens is 776 g/mol. The molecule has 0 aliphatic heterocycles. The molecule has 0 unspecified atom stereocenters. The molecule has 2 aliphatic carbocycles. The Morgan fingerprint density at radius 3 is 1.52 bits per heavy atom. The van der Waals surface area contributed by atoms with Crippen molar-refractivity contribution in [1.29, 1.82) is 0 Å². The van der Waals surface area contributed by atoms with Gasteiger partial charge in [-0.2, -0.15) is 0 Å². The van der Waals surface area contributed by atoms with Crippen LogP contribution < -0.4 is 9.81 Å². The van der Waals surface area contributed by atoms with Crippen LogP contribution in [0.15, 0.2) is 149 Å². The minimum absolute atomic E-state index is 0.0459. The van der Waals surface area contributed by atoms with E-state index in [-0.39, 0.29) is 10.8 Å². The SMILES string of the molecule is [CH2]=[Zr]([C]1=CC=CC1)([c]1ccc(C(C)C)cc1)([c]1ccc(C(C)C)cc1)[c]1c2c(cc(C(C)(C)C)c1-c1ccccc1)-c1cc(C(C)(C)C)c(-c3ccccc3)cc1C2. The van der Waals surface area contributed by atoms with Gasteiger partial charge in [-0.3, -0.25) is 0 Å². The van der Waals surface area contributed by atoms with Gasteiger partial charge in [0.15, 0.2) is 0 Å². The van der Waals surface area contributed by atoms with E-state index in [1.54, 1.807) is 0 Å². The monoisotopic (exact) mass is 836 g/mol. The first-order valence-electron chi connectivity index (χ1n) is 21.6. The Morgan fingerprint density at radius 1 is 0.552 bits per heavy atom. The molecule has 0 amide bonds. The molecule has 8 rings (SSSR count). The van der Waals surface area contributed by atoms with Gasteiger partial charge in [0.2, 0.25) is 0 Å². The predicted octanol–water partition coefficient (Wildman–Crippen LogP) is 13.7. The fourth-order valence-corrected chi connectivity index (χ4v) is 26.3. The summed E-state index contributed by atoms with van der Waals surface area (Å²) < 4.78 is 11.9.